The number of carbonyl (C=O) groups is 1. The summed E-state index contributed by atoms with van der Waals surface area (Å²) in [6.07, 6.45) is 4.52. The number of rotatable bonds is 4. The van der Waals surface area contributed by atoms with Crippen molar-refractivity contribution in [2.75, 3.05) is 0 Å². The second-order valence-corrected chi connectivity index (χ2v) is 5.38. The van der Waals surface area contributed by atoms with Gasteiger partial charge >= 0.3 is 0 Å². The Bertz CT molecular complexity index is 320. The maximum atomic E-state index is 12.3. The van der Waals surface area contributed by atoms with Crippen molar-refractivity contribution in [2.45, 2.75) is 71.9 Å². The highest BCUT2D eigenvalue weighted by atomic mass is 16.2. The lowest BCUT2D eigenvalue weighted by Crippen LogP contribution is -2.57. The number of amides is 1. The van der Waals surface area contributed by atoms with Crippen molar-refractivity contribution in [3.05, 3.63) is 0 Å². The summed E-state index contributed by atoms with van der Waals surface area (Å²) in [6.45, 7) is 8.05. The van der Waals surface area contributed by atoms with E-state index in [2.05, 4.69) is 25.3 Å². The van der Waals surface area contributed by atoms with E-state index in [9.17, 15) is 10.1 Å². The molecule has 1 amide bonds. The van der Waals surface area contributed by atoms with Crippen LogP contribution in [-0.2, 0) is 4.79 Å². The SMILES string of the molecule is CCC(C#N)(CC)C(=O)NN1C(C)CCCC1C. The second kappa shape index (κ2) is 6.19. The molecular weight excluding hydrogens is 226 g/mol. The van der Waals surface area contributed by atoms with Gasteiger partial charge in [0, 0.05) is 12.1 Å². The third kappa shape index (κ3) is 2.84. The molecule has 0 aliphatic carbocycles. The van der Waals surface area contributed by atoms with Gasteiger partial charge in [0.1, 0.15) is 5.41 Å². The molecule has 1 aliphatic rings. The molecule has 1 aliphatic heterocycles. The van der Waals surface area contributed by atoms with Crippen molar-refractivity contribution < 1.29 is 4.79 Å². The molecule has 1 rings (SSSR count). The van der Waals surface area contributed by atoms with Crippen LogP contribution in [0.15, 0.2) is 0 Å². The number of nitriles is 1. The number of hydrogen-bond acceptors (Lipinski definition) is 3. The molecule has 0 aromatic rings. The summed E-state index contributed by atoms with van der Waals surface area (Å²) >= 11 is 0. The fraction of sp³-hybridized carbons (Fsp3) is 0.857. The monoisotopic (exact) mass is 251 g/mol. The van der Waals surface area contributed by atoms with Gasteiger partial charge in [-0.2, -0.15) is 5.26 Å². The number of carbonyl (C=O) groups excluding carboxylic acids is 1. The third-order valence-electron chi connectivity index (χ3n) is 4.28. The number of nitrogens with one attached hydrogen (secondary N) is 1. The molecule has 0 spiro atoms. The zero-order chi connectivity index (χ0) is 13.8. The van der Waals surface area contributed by atoms with E-state index < -0.39 is 5.41 Å². The second-order valence-electron chi connectivity index (χ2n) is 5.38. The van der Waals surface area contributed by atoms with E-state index in [1.165, 1.54) is 6.42 Å². The molecule has 4 nitrogen and oxygen atoms in total. The standard InChI is InChI=1S/C14H25N3O/c1-5-14(6-2,10-15)13(18)16-17-11(3)8-7-9-12(17)4/h11-12H,5-9H2,1-4H3,(H,16,18). The Morgan fingerprint density at radius 2 is 1.83 bits per heavy atom. The zero-order valence-corrected chi connectivity index (χ0v) is 12.0. The highest BCUT2D eigenvalue weighted by Gasteiger charge is 2.37. The zero-order valence-electron chi connectivity index (χ0n) is 12.0. The Labute approximate surface area is 110 Å². The van der Waals surface area contributed by atoms with Crippen molar-refractivity contribution in [3.63, 3.8) is 0 Å². The number of nitrogens with zero attached hydrogens (tertiary/aromatic N) is 2. The summed E-state index contributed by atoms with van der Waals surface area (Å²) < 4.78 is 0. The van der Waals surface area contributed by atoms with E-state index in [1.54, 1.807) is 0 Å². The molecule has 0 aromatic carbocycles. The highest BCUT2D eigenvalue weighted by molar-refractivity contribution is 5.84. The first-order valence-corrected chi connectivity index (χ1v) is 7.01. The largest absolute Gasteiger partial charge is 0.287 e. The average Bonchev–Trinajstić information content (AvgIpc) is 2.37. The molecule has 2 unspecified atom stereocenters. The van der Waals surface area contributed by atoms with Crippen LogP contribution >= 0.6 is 0 Å². The van der Waals surface area contributed by atoms with E-state index in [-0.39, 0.29) is 5.91 Å². The molecule has 102 valence electrons. The van der Waals surface area contributed by atoms with Crippen molar-refractivity contribution in [1.29, 1.82) is 5.26 Å². The lowest BCUT2D eigenvalue weighted by molar-refractivity contribution is -0.137. The van der Waals surface area contributed by atoms with Crippen molar-refractivity contribution in [3.8, 4) is 6.07 Å². The van der Waals surface area contributed by atoms with Crippen LogP contribution in [0.1, 0.15) is 59.8 Å². The summed E-state index contributed by atoms with van der Waals surface area (Å²) in [5.74, 6) is -0.143. The van der Waals surface area contributed by atoms with E-state index >= 15 is 0 Å². The summed E-state index contributed by atoms with van der Waals surface area (Å²) in [7, 11) is 0. The van der Waals surface area contributed by atoms with Crippen LogP contribution in [0, 0.1) is 16.7 Å². The molecule has 1 N–H and O–H groups in total. The van der Waals surface area contributed by atoms with Gasteiger partial charge in [-0.15, -0.1) is 0 Å². The molecule has 0 bridgehead atoms. The molecule has 1 fully saturated rings. The molecule has 0 aromatic heterocycles. The Kier molecular flexibility index (Phi) is 5.15. The van der Waals surface area contributed by atoms with Crippen LogP contribution in [0.2, 0.25) is 0 Å². The molecule has 1 saturated heterocycles. The molecule has 1 heterocycles. The highest BCUT2D eigenvalue weighted by Crippen LogP contribution is 2.27. The molecular formula is C14H25N3O. The van der Waals surface area contributed by atoms with Gasteiger partial charge in [-0.1, -0.05) is 20.3 Å². The van der Waals surface area contributed by atoms with Gasteiger partial charge in [-0.25, -0.2) is 5.01 Å². The van der Waals surface area contributed by atoms with Crippen LogP contribution in [0.3, 0.4) is 0 Å². The maximum Gasteiger partial charge on any atom is 0.254 e. The smallest absolute Gasteiger partial charge is 0.254 e. The van der Waals surface area contributed by atoms with Crippen molar-refractivity contribution in [1.82, 2.24) is 10.4 Å². The molecule has 0 saturated carbocycles. The Balaban J connectivity index is 2.77. The van der Waals surface area contributed by atoms with Gasteiger partial charge in [0.15, 0.2) is 0 Å². The number of hydrazine groups is 1. The predicted molar refractivity (Wildman–Crippen MR) is 71.4 cm³/mol. The lowest BCUT2D eigenvalue weighted by Gasteiger charge is -2.40. The van der Waals surface area contributed by atoms with Crippen LogP contribution < -0.4 is 5.43 Å². The maximum absolute atomic E-state index is 12.3. The Morgan fingerprint density at radius 1 is 1.33 bits per heavy atom. The topological polar surface area (TPSA) is 56.1 Å². The van der Waals surface area contributed by atoms with E-state index in [1.807, 2.05) is 18.9 Å². The predicted octanol–water partition coefficient (Wildman–Crippen LogP) is 2.61. The van der Waals surface area contributed by atoms with Gasteiger partial charge < -0.3 is 0 Å². The van der Waals surface area contributed by atoms with Gasteiger partial charge in [0.25, 0.3) is 5.91 Å². The molecule has 2 atom stereocenters. The third-order valence-corrected chi connectivity index (χ3v) is 4.28. The van der Waals surface area contributed by atoms with Crippen LogP contribution in [0.4, 0.5) is 0 Å². The fourth-order valence-electron chi connectivity index (χ4n) is 2.65. The fourth-order valence-corrected chi connectivity index (χ4v) is 2.65. The van der Waals surface area contributed by atoms with Gasteiger partial charge in [0.2, 0.25) is 0 Å². The van der Waals surface area contributed by atoms with Gasteiger partial charge in [-0.3, -0.25) is 10.2 Å². The van der Waals surface area contributed by atoms with Crippen molar-refractivity contribution in [2.24, 2.45) is 5.41 Å². The number of hydrogen-bond donors (Lipinski definition) is 1. The van der Waals surface area contributed by atoms with E-state index in [4.69, 9.17) is 0 Å². The summed E-state index contributed by atoms with van der Waals surface area (Å²) in [4.78, 5) is 12.3. The quantitative estimate of drug-likeness (QED) is 0.835. The van der Waals surface area contributed by atoms with Crippen molar-refractivity contribution >= 4 is 5.91 Å². The molecule has 18 heavy (non-hydrogen) atoms. The summed E-state index contributed by atoms with van der Waals surface area (Å²) in [5.41, 5.74) is 2.11. The summed E-state index contributed by atoms with van der Waals surface area (Å²) in [6, 6.07) is 2.89. The molecule has 0 radical (unpaired) electrons. The Hall–Kier alpha value is -1.08. The Morgan fingerprint density at radius 3 is 2.22 bits per heavy atom. The average molecular weight is 251 g/mol. The molecule has 4 heteroatoms. The minimum absolute atomic E-state index is 0.143. The normalized spacial score (nSPS) is 25.5. The minimum atomic E-state index is -0.878. The lowest BCUT2D eigenvalue weighted by atomic mass is 9.83. The number of piperidine rings is 1. The van der Waals surface area contributed by atoms with Crippen LogP contribution in [-0.4, -0.2) is 23.0 Å². The van der Waals surface area contributed by atoms with Crippen LogP contribution in [0.25, 0.3) is 0 Å². The van der Waals surface area contributed by atoms with Crippen LogP contribution in [0.5, 0.6) is 0 Å². The first kappa shape index (κ1) is 15.0. The first-order chi connectivity index (χ1) is 8.50. The van der Waals surface area contributed by atoms with Gasteiger partial charge in [0.05, 0.1) is 6.07 Å². The summed E-state index contributed by atoms with van der Waals surface area (Å²) in [5, 5.41) is 11.3. The van der Waals surface area contributed by atoms with E-state index in [0.29, 0.717) is 24.9 Å². The van der Waals surface area contributed by atoms with E-state index in [0.717, 1.165) is 12.8 Å². The van der Waals surface area contributed by atoms with Gasteiger partial charge in [-0.05, 0) is 39.5 Å². The first-order valence-electron chi connectivity index (χ1n) is 7.01. The minimum Gasteiger partial charge on any atom is -0.287 e.